The van der Waals surface area contributed by atoms with Gasteiger partial charge in [0.25, 0.3) is 0 Å². The van der Waals surface area contributed by atoms with E-state index in [0.717, 1.165) is 6.07 Å². The van der Waals surface area contributed by atoms with E-state index in [1.54, 1.807) is 6.07 Å². The highest BCUT2D eigenvalue weighted by molar-refractivity contribution is 6.04. The van der Waals surface area contributed by atoms with E-state index in [2.05, 4.69) is 5.32 Å². The molecule has 0 spiro atoms. The van der Waals surface area contributed by atoms with Crippen LogP contribution in [0.2, 0.25) is 0 Å². The molecule has 2 atom stereocenters. The number of nitrogens with zero attached hydrogens (tertiary/aromatic N) is 1. The quantitative estimate of drug-likeness (QED) is 0.850. The van der Waals surface area contributed by atoms with E-state index in [-0.39, 0.29) is 12.0 Å². The summed E-state index contributed by atoms with van der Waals surface area (Å²) in [6.07, 6.45) is -4.85. The normalized spacial score (nSPS) is 13.8. The van der Waals surface area contributed by atoms with Gasteiger partial charge in [0.05, 0.1) is 11.6 Å². The monoisotopic (exact) mass is 312 g/mol. The van der Waals surface area contributed by atoms with Crippen molar-refractivity contribution in [1.29, 1.82) is 5.26 Å². The lowest BCUT2D eigenvalue weighted by atomic mass is 9.88. The van der Waals surface area contributed by atoms with Gasteiger partial charge in [-0.1, -0.05) is 25.1 Å². The molecule has 0 aromatic heterocycles. The number of Topliss-reactive ketones (excluding diaryl/α,β-unsaturated/α-hetero) is 1. The number of rotatable bonds is 5. The molecule has 0 heterocycles. The number of amides is 1. The minimum Gasteiger partial charge on any atom is -0.358 e. The second-order valence-electron chi connectivity index (χ2n) is 4.83. The number of hydrogen-bond donors (Lipinski definition) is 1. The third kappa shape index (κ3) is 4.07. The maximum atomic E-state index is 13.0. The van der Waals surface area contributed by atoms with Crippen LogP contribution < -0.4 is 5.32 Å². The minimum atomic E-state index is -4.52. The first-order valence-corrected chi connectivity index (χ1v) is 6.52. The van der Waals surface area contributed by atoms with Crippen LogP contribution in [0.3, 0.4) is 0 Å². The standard InChI is InChI=1S/C15H15F3N2O2/c1-9(7-13(21)11(8-19)14(22)20-2)10-5-3-4-6-12(10)15(16,17)18/h3-6,9,11H,7H2,1-2H3,(H,20,22)/t9-,11+/m0/s1. The molecule has 0 unspecified atom stereocenters. The van der Waals surface area contributed by atoms with Crippen LogP contribution in [-0.2, 0) is 15.8 Å². The summed E-state index contributed by atoms with van der Waals surface area (Å²) in [6.45, 7) is 1.46. The fourth-order valence-electron chi connectivity index (χ4n) is 2.14. The molecular weight excluding hydrogens is 297 g/mol. The highest BCUT2D eigenvalue weighted by Crippen LogP contribution is 2.36. The molecule has 0 aliphatic heterocycles. The zero-order valence-electron chi connectivity index (χ0n) is 12.1. The first-order valence-electron chi connectivity index (χ1n) is 6.52. The Balaban J connectivity index is 3.00. The van der Waals surface area contributed by atoms with Crippen molar-refractivity contribution in [2.45, 2.75) is 25.4 Å². The van der Waals surface area contributed by atoms with E-state index in [1.807, 2.05) is 0 Å². The average molecular weight is 312 g/mol. The number of alkyl halides is 3. The van der Waals surface area contributed by atoms with Crippen LogP contribution in [0.4, 0.5) is 13.2 Å². The zero-order valence-corrected chi connectivity index (χ0v) is 12.1. The number of carbonyl (C=O) groups excluding carboxylic acids is 2. The Hall–Kier alpha value is -2.36. The molecule has 1 rings (SSSR count). The molecule has 0 saturated carbocycles. The van der Waals surface area contributed by atoms with Crippen molar-refractivity contribution in [3.05, 3.63) is 35.4 Å². The van der Waals surface area contributed by atoms with Crippen molar-refractivity contribution in [3.8, 4) is 6.07 Å². The van der Waals surface area contributed by atoms with E-state index < -0.39 is 35.3 Å². The second-order valence-corrected chi connectivity index (χ2v) is 4.83. The van der Waals surface area contributed by atoms with Gasteiger partial charge < -0.3 is 5.32 Å². The van der Waals surface area contributed by atoms with Gasteiger partial charge >= 0.3 is 6.18 Å². The van der Waals surface area contributed by atoms with Gasteiger partial charge in [0.2, 0.25) is 5.91 Å². The average Bonchev–Trinajstić information content (AvgIpc) is 2.46. The van der Waals surface area contributed by atoms with E-state index in [0.29, 0.717) is 0 Å². The topological polar surface area (TPSA) is 70.0 Å². The molecule has 0 radical (unpaired) electrons. The van der Waals surface area contributed by atoms with Gasteiger partial charge in [0.1, 0.15) is 0 Å². The predicted molar refractivity (Wildman–Crippen MR) is 72.7 cm³/mol. The zero-order chi connectivity index (χ0) is 16.9. The molecule has 0 saturated heterocycles. The number of halogens is 3. The van der Waals surface area contributed by atoms with E-state index in [4.69, 9.17) is 5.26 Å². The molecule has 0 aliphatic rings. The third-order valence-electron chi connectivity index (χ3n) is 3.26. The Kier molecular flexibility index (Phi) is 5.69. The highest BCUT2D eigenvalue weighted by Gasteiger charge is 2.35. The van der Waals surface area contributed by atoms with Crippen molar-refractivity contribution >= 4 is 11.7 Å². The maximum absolute atomic E-state index is 13.0. The predicted octanol–water partition coefficient (Wildman–Crippen LogP) is 2.65. The van der Waals surface area contributed by atoms with Crippen LogP contribution in [0.25, 0.3) is 0 Å². The van der Waals surface area contributed by atoms with Crippen LogP contribution in [0.1, 0.15) is 30.4 Å². The van der Waals surface area contributed by atoms with E-state index in [1.165, 1.54) is 32.2 Å². The number of hydrogen-bond acceptors (Lipinski definition) is 3. The summed E-state index contributed by atoms with van der Waals surface area (Å²) >= 11 is 0. The summed E-state index contributed by atoms with van der Waals surface area (Å²) in [5, 5.41) is 11.0. The Bertz CT molecular complexity index is 606. The molecule has 4 nitrogen and oxygen atoms in total. The summed E-state index contributed by atoms with van der Waals surface area (Å²) in [5.74, 6) is -3.73. The number of benzene rings is 1. The summed E-state index contributed by atoms with van der Waals surface area (Å²) in [6, 6.07) is 6.52. The molecule has 118 valence electrons. The molecule has 7 heteroatoms. The van der Waals surface area contributed by atoms with Crippen LogP contribution in [0.5, 0.6) is 0 Å². The number of carbonyl (C=O) groups is 2. The fourth-order valence-corrected chi connectivity index (χ4v) is 2.14. The molecule has 1 N–H and O–H groups in total. The van der Waals surface area contributed by atoms with Crippen LogP contribution in [-0.4, -0.2) is 18.7 Å². The van der Waals surface area contributed by atoms with Crippen LogP contribution >= 0.6 is 0 Å². The minimum absolute atomic E-state index is 0.0306. The van der Waals surface area contributed by atoms with Gasteiger partial charge in [-0.15, -0.1) is 0 Å². The van der Waals surface area contributed by atoms with Gasteiger partial charge in [0.15, 0.2) is 11.7 Å². The molecule has 0 bridgehead atoms. The summed E-state index contributed by atoms with van der Waals surface area (Å²) in [4.78, 5) is 23.3. The smallest absolute Gasteiger partial charge is 0.358 e. The molecule has 1 amide bonds. The van der Waals surface area contributed by atoms with Crippen LogP contribution in [0, 0.1) is 17.2 Å². The molecule has 0 fully saturated rings. The molecule has 0 aliphatic carbocycles. The van der Waals surface area contributed by atoms with Gasteiger partial charge in [-0.3, -0.25) is 9.59 Å². The van der Waals surface area contributed by atoms with E-state index >= 15 is 0 Å². The maximum Gasteiger partial charge on any atom is 0.416 e. The first kappa shape index (κ1) is 17.7. The van der Waals surface area contributed by atoms with Gasteiger partial charge in [-0.05, 0) is 17.5 Å². The van der Waals surface area contributed by atoms with Crippen molar-refractivity contribution in [1.82, 2.24) is 5.32 Å². The lowest BCUT2D eigenvalue weighted by Crippen LogP contribution is -2.32. The second kappa shape index (κ2) is 7.07. The number of nitriles is 1. The lowest BCUT2D eigenvalue weighted by Gasteiger charge is -2.18. The Morgan fingerprint density at radius 2 is 1.91 bits per heavy atom. The fraction of sp³-hybridized carbons (Fsp3) is 0.400. The van der Waals surface area contributed by atoms with E-state index in [9.17, 15) is 22.8 Å². The molecule has 22 heavy (non-hydrogen) atoms. The Morgan fingerprint density at radius 3 is 2.41 bits per heavy atom. The third-order valence-corrected chi connectivity index (χ3v) is 3.26. The highest BCUT2D eigenvalue weighted by atomic mass is 19.4. The Morgan fingerprint density at radius 1 is 1.32 bits per heavy atom. The lowest BCUT2D eigenvalue weighted by molar-refractivity contribution is -0.139. The van der Waals surface area contributed by atoms with Crippen molar-refractivity contribution in [3.63, 3.8) is 0 Å². The Labute approximate surface area is 125 Å². The van der Waals surface area contributed by atoms with Crippen LogP contribution in [0.15, 0.2) is 24.3 Å². The summed E-state index contributed by atoms with van der Waals surface area (Å²) in [5.41, 5.74) is -0.847. The van der Waals surface area contributed by atoms with Gasteiger partial charge in [0, 0.05) is 13.5 Å². The number of nitrogens with one attached hydrogen (secondary N) is 1. The van der Waals surface area contributed by atoms with Crippen molar-refractivity contribution in [2.75, 3.05) is 7.05 Å². The summed E-state index contributed by atoms with van der Waals surface area (Å²) < 4.78 is 38.9. The summed E-state index contributed by atoms with van der Waals surface area (Å²) in [7, 11) is 1.28. The first-order chi connectivity index (χ1) is 10.2. The SMILES string of the molecule is CNC(=O)[C@H](C#N)C(=O)C[C@H](C)c1ccccc1C(F)(F)F. The van der Waals surface area contributed by atoms with Crippen molar-refractivity contribution < 1.29 is 22.8 Å². The van der Waals surface area contributed by atoms with Crippen molar-refractivity contribution in [2.24, 2.45) is 5.92 Å². The van der Waals surface area contributed by atoms with Gasteiger partial charge in [-0.2, -0.15) is 18.4 Å². The molecule has 1 aromatic carbocycles. The largest absolute Gasteiger partial charge is 0.416 e. The molecule has 1 aromatic rings. The van der Waals surface area contributed by atoms with Gasteiger partial charge in [-0.25, -0.2) is 0 Å². The molecular formula is C15H15F3N2O2. The number of ketones is 1.